The van der Waals surface area contributed by atoms with Gasteiger partial charge in [0.15, 0.2) is 5.82 Å². The molecule has 0 aliphatic carbocycles. The zero-order chi connectivity index (χ0) is 12.5. The minimum atomic E-state index is -4.38. The Hall–Kier alpha value is -2.30. The highest BCUT2D eigenvalue weighted by atomic mass is 19.4. The monoisotopic (exact) mass is 242 g/mol. The van der Waals surface area contributed by atoms with Crippen LogP contribution in [-0.4, -0.2) is 21.3 Å². The second-order valence-corrected chi connectivity index (χ2v) is 3.22. The number of halogens is 3. The smallest absolute Gasteiger partial charge is 0.356 e. The van der Waals surface area contributed by atoms with Crippen LogP contribution in [0.4, 0.5) is 13.2 Å². The molecule has 0 atom stereocenters. The van der Waals surface area contributed by atoms with E-state index >= 15 is 0 Å². The van der Waals surface area contributed by atoms with Crippen LogP contribution in [0.15, 0.2) is 16.8 Å². The van der Waals surface area contributed by atoms with Crippen molar-refractivity contribution in [3.05, 3.63) is 23.7 Å². The van der Waals surface area contributed by atoms with Gasteiger partial charge in [-0.05, 0) is 6.07 Å². The molecule has 1 N–H and O–H groups in total. The second kappa shape index (κ2) is 3.93. The molecule has 0 aromatic carbocycles. The Kier molecular flexibility index (Phi) is 2.59. The molecule has 0 saturated heterocycles. The van der Waals surface area contributed by atoms with Gasteiger partial charge in [0.1, 0.15) is 18.2 Å². The molecule has 0 bridgehead atoms. The van der Waals surface area contributed by atoms with Crippen molar-refractivity contribution in [1.29, 1.82) is 5.26 Å². The molecule has 2 aromatic heterocycles. The van der Waals surface area contributed by atoms with Crippen LogP contribution in [0.1, 0.15) is 11.4 Å². The summed E-state index contributed by atoms with van der Waals surface area (Å²) >= 11 is 0. The number of rotatable bonds is 2. The van der Waals surface area contributed by atoms with E-state index in [1.807, 2.05) is 6.07 Å². The summed E-state index contributed by atoms with van der Waals surface area (Å²) in [4.78, 5) is 6.22. The summed E-state index contributed by atoms with van der Waals surface area (Å²) in [5.74, 6) is -0.522. The van der Waals surface area contributed by atoms with Crippen molar-refractivity contribution in [2.45, 2.75) is 12.6 Å². The third-order valence-corrected chi connectivity index (χ3v) is 1.87. The van der Waals surface area contributed by atoms with E-state index in [0.29, 0.717) is 11.3 Å². The highest BCUT2D eigenvalue weighted by molar-refractivity contribution is 5.51. The molecule has 88 valence electrons. The summed E-state index contributed by atoms with van der Waals surface area (Å²) in [5.41, 5.74) is 0.637. The molecule has 2 heterocycles. The van der Waals surface area contributed by atoms with E-state index in [4.69, 9.17) is 5.26 Å². The third-order valence-electron chi connectivity index (χ3n) is 1.87. The minimum absolute atomic E-state index is 0.0780. The lowest BCUT2D eigenvalue weighted by Gasteiger charge is -1.99. The first-order valence-electron chi connectivity index (χ1n) is 4.46. The molecular formula is C9H5F3N4O. The molecule has 0 aliphatic rings. The quantitative estimate of drug-likeness (QED) is 0.873. The zero-order valence-electron chi connectivity index (χ0n) is 8.25. The standard InChI is InChI=1S/C9H5F3N4O/c10-9(11,12)2-7-15-8(17-16-7)6-1-5(3-13)4-14-6/h1,4,14H,2H2. The van der Waals surface area contributed by atoms with Gasteiger partial charge in [-0.3, -0.25) is 0 Å². The number of H-pyrrole nitrogens is 1. The van der Waals surface area contributed by atoms with Gasteiger partial charge < -0.3 is 9.51 Å². The average Bonchev–Trinajstić information content (AvgIpc) is 2.82. The maximum atomic E-state index is 12.0. The van der Waals surface area contributed by atoms with E-state index in [1.54, 1.807) is 0 Å². The predicted octanol–water partition coefficient (Wildman–Crippen LogP) is 2.04. The minimum Gasteiger partial charge on any atom is -0.356 e. The maximum Gasteiger partial charge on any atom is 0.396 e. The molecule has 0 unspecified atom stereocenters. The number of hydrogen-bond acceptors (Lipinski definition) is 4. The number of aromatic nitrogens is 3. The fraction of sp³-hybridized carbons (Fsp3) is 0.222. The van der Waals surface area contributed by atoms with Crippen molar-refractivity contribution in [2.75, 3.05) is 0 Å². The molecule has 8 heteroatoms. The van der Waals surface area contributed by atoms with Crippen LogP contribution >= 0.6 is 0 Å². The van der Waals surface area contributed by atoms with Crippen molar-refractivity contribution in [3.63, 3.8) is 0 Å². The fourth-order valence-corrected chi connectivity index (χ4v) is 1.20. The molecule has 17 heavy (non-hydrogen) atoms. The zero-order valence-corrected chi connectivity index (χ0v) is 8.25. The summed E-state index contributed by atoms with van der Waals surface area (Å²) in [7, 11) is 0. The summed E-state index contributed by atoms with van der Waals surface area (Å²) < 4.78 is 40.8. The Bertz CT molecular complexity index is 563. The van der Waals surface area contributed by atoms with Crippen LogP contribution in [0.3, 0.4) is 0 Å². The predicted molar refractivity (Wildman–Crippen MR) is 48.6 cm³/mol. The molecule has 0 saturated carbocycles. The highest BCUT2D eigenvalue weighted by Crippen LogP contribution is 2.22. The fourth-order valence-electron chi connectivity index (χ4n) is 1.20. The number of hydrogen-bond donors (Lipinski definition) is 1. The van der Waals surface area contributed by atoms with E-state index in [2.05, 4.69) is 19.6 Å². The summed E-state index contributed by atoms with van der Waals surface area (Å²) in [5, 5.41) is 11.8. The van der Waals surface area contributed by atoms with Crippen molar-refractivity contribution < 1.29 is 17.7 Å². The van der Waals surface area contributed by atoms with Gasteiger partial charge >= 0.3 is 6.18 Å². The van der Waals surface area contributed by atoms with Crippen molar-refractivity contribution in [1.82, 2.24) is 15.1 Å². The highest BCUT2D eigenvalue weighted by Gasteiger charge is 2.30. The van der Waals surface area contributed by atoms with Crippen LogP contribution in [0.5, 0.6) is 0 Å². The van der Waals surface area contributed by atoms with Crippen molar-refractivity contribution in [2.24, 2.45) is 0 Å². The van der Waals surface area contributed by atoms with Gasteiger partial charge in [0.2, 0.25) is 0 Å². The lowest BCUT2D eigenvalue weighted by Crippen LogP contribution is -2.12. The molecule has 2 rings (SSSR count). The van der Waals surface area contributed by atoms with Crippen molar-refractivity contribution >= 4 is 0 Å². The van der Waals surface area contributed by atoms with Gasteiger partial charge in [0, 0.05) is 6.20 Å². The third kappa shape index (κ3) is 2.63. The Morgan fingerprint density at radius 1 is 1.47 bits per heavy atom. The lowest BCUT2D eigenvalue weighted by atomic mass is 10.3. The second-order valence-electron chi connectivity index (χ2n) is 3.22. The number of aromatic amines is 1. The van der Waals surface area contributed by atoms with Crippen LogP contribution in [0, 0.1) is 11.3 Å². The van der Waals surface area contributed by atoms with Crippen LogP contribution in [-0.2, 0) is 6.42 Å². The Morgan fingerprint density at radius 3 is 2.82 bits per heavy atom. The van der Waals surface area contributed by atoms with Crippen molar-refractivity contribution in [3.8, 4) is 17.7 Å². The van der Waals surface area contributed by atoms with E-state index in [0.717, 1.165) is 0 Å². The van der Waals surface area contributed by atoms with Gasteiger partial charge in [0.05, 0.1) is 5.56 Å². The van der Waals surface area contributed by atoms with Crippen LogP contribution in [0.2, 0.25) is 0 Å². The van der Waals surface area contributed by atoms with Gasteiger partial charge in [-0.25, -0.2) is 0 Å². The Morgan fingerprint density at radius 2 is 2.24 bits per heavy atom. The number of nitriles is 1. The van der Waals surface area contributed by atoms with Crippen LogP contribution < -0.4 is 0 Å². The average molecular weight is 242 g/mol. The molecule has 0 radical (unpaired) electrons. The van der Waals surface area contributed by atoms with Gasteiger partial charge in [-0.2, -0.15) is 23.4 Å². The topological polar surface area (TPSA) is 78.5 Å². The molecule has 2 aromatic rings. The normalized spacial score (nSPS) is 11.4. The van der Waals surface area contributed by atoms with Gasteiger partial charge in [-0.15, -0.1) is 0 Å². The largest absolute Gasteiger partial charge is 0.396 e. The number of nitrogens with zero attached hydrogens (tertiary/aromatic N) is 3. The lowest BCUT2D eigenvalue weighted by molar-refractivity contribution is -0.128. The number of nitrogens with one attached hydrogen (secondary N) is 1. The van der Waals surface area contributed by atoms with Gasteiger partial charge in [-0.1, -0.05) is 5.16 Å². The molecule has 5 nitrogen and oxygen atoms in total. The molecular weight excluding hydrogens is 237 g/mol. The molecule has 0 fully saturated rings. The molecule has 0 spiro atoms. The van der Waals surface area contributed by atoms with E-state index in [9.17, 15) is 13.2 Å². The SMILES string of the molecule is N#Cc1c[nH]c(-c2nc(CC(F)(F)F)no2)c1. The first-order valence-corrected chi connectivity index (χ1v) is 4.46. The summed E-state index contributed by atoms with van der Waals surface area (Å²) in [6.45, 7) is 0. The summed E-state index contributed by atoms with van der Waals surface area (Å²) in [6, 6.07) is 3.27. The molecule has 0 aliphatic heterocycles. The maximum absolute atomic E-state index is 12.0. The van der Waals surface area contributed by atoms with E-state index in [-0.39, 0.29) is 5.89 Å². The van der Waals surface area contributed by atoms with E-state index in [1.165, 1.54) is 12.3 Å². The van der Waals surface area contributed by atoms with E-state index < -0.39 is 18.4 Å². The van der Waals surface area contributed by atoms with Gasteiger partial charge in [0.25, 0.3) is 5.89 Å². The molecule has 0 amide bonds. The Balaban J connectivity index is 2.21. The first-order chi connectivity index (χ1) is 7.98. The van der Waals surface area contributed by atoms with Crippen LogP contribution in [0.25, 0.3) is 11.6 Å². The Labute approximate surface area is 92.9 Å². The number of alkyl halides is 3. The summed E-state index contributed by atoms with van der Waals surface area (Å²) in [6.07, 6.45) is -4.24. The first kappa shape index (κ1) is 11.2.